The zero-order valence-electron chi connectivity index (χ0n) is 16.6. The van der Waals surface area contributed by atoms with Crippen LogP contribution in [0.2, 0.25) is 0 Å². The average molecular weight is 364 g/mol. The largest absolute Gasteiger partial charge is 0.326 e. The maximum atomic E-state index is 12.7. The number of hydrogen-bond acceptors (Lipinski definition) is 3. The molecule has 1 N–H and O–H groups in total. The van der Waals surface area contributed by atoms with E-state index in [0.29, 0.717) is 0 Å². The Labute approximate surface area is 162 Å². The highest BCUT2D eigenvalue weighted by Crippen LogP contribution is 2.59. The van der Waals surface area contributed by atoms with Crippen molar-refractivity contribution in [3.05, 3.63) is 58.9 Å². The van der Waals surface area contributed by atoms with Crippen LogP contribution in [0.1, 0.15) is 41.8 Å². The molecule has 1 saturated heterocycles. The van der Waals surface area contributed by atoms with Crippen molar-refractivity contribution in [3.8, 4) is 0 Å². The molecule has 2 aliphatic rings. The molecule has 4 heteroatoms. The second kappa shape index (κ2) is 7.08. The number of nitrogens with one attached hydrogen (secondary N) is 1. The SMILES string of the molecule is Cc1cc(C)cc(NC(=O)C2CC23CCN(Cc2cccc(C)n2)CC3)c1. The van der Waals surface area contributed by atoms with Crippen LogP contribution in [0.25, 0.3) is 0 Å². The first-order valence-corrected chi connectivity index (χ1v) is 9.98. The maximum Gasteiger partial charge on any atom is 0.228 e. The van der Waals surface area contributed by atoms with Crippen LogP contribution < -0.4 is 5.32 Å². The lowest BCUT2D eigenvalue weighted by molar-refractivity contribution is -0.118. The number of nitrogens with zero attached hydrogens (tertiary/aromatic N) is 2. The van der Waals surface area contributed by atoms with Gasteiger partial charge >= 0.3 is 0 Å². The number of carbonyl (C=O) groups excluding carboxylic acids is 1. The molecule has 1 aromatic heterocycles. The second-order valence-corrected chi connectivity index (χ2v) is 8.53. The minimum absolute atomic E-state index is 0.178. The van der Waals surface area contributed by atoms with Crippen LogP contribution in [-0.4, -0.2) is 28.9 Å². The van der Waals surface area contributed by atoms with Crippen molar-refractivity contribution >= 4 is 11.6 Å². The van der Waals surface area contributed by atoms with Gasteiger partial charge in [0.05, 0.1) is 5.69 Å². The lowest BCUT2D eigenvalue weighted by atomic mass is 9.90. The van der Waals surface area contributed by atoms with Crippen molar-refractivity contribution in [2.75, 3.05) is 18.4 Å². The van der Waals surface area contributed by atoms with E-state index in [4.69, 9.17) is 0 Å². The minimum atomic E-state index is 0.178. The zero-order valence-corrected chi connectivity index (χ0v) is 16.6. The number of anilines is 1. The summed E-state index contributed by atoms with van der Waals surface area (Å²) in [5.74, 6) is 0.381. The number of aromatic nitrogens is 1. The van der Waals surface area contributed by atoms with Crippen molar-refractivity contribution in [1.29, 1.82) is 0 Å². The maximum absolute atomic E-state index is 12.7. The second-order valence-electron chi connectivity index (χ2n) is 8.53. The van der Waals surface area contributed by atoms with Gasteiger partial charge in [0.25, 0.3) is 0 Å². The Bertz CT molecular complexity index is 832. The molecule has 27 heavy (non-hydrogen) atoms. The molecule has 4 rings (SSSR count). The molecule has 142 valence electrons. The molecule has 1 saturated carbocycles. The fraction of sp³-hybridized carbons (Fsp3) is 0.478. The molecule has 1 amide bonds. The summed E-state index contributed by atoms with van der Waals surface area (Å²) in [6.07, 6.45) is 3.27. The fourth-order valence-corrected chi connectivity index (χ4v) is 4.62. The Hall–Kier alpha value is -2.20. The molecule has 2 heterocycles. The smallest absolute Gasteiger partial charge is 0.228 e. The van der Waals surface area contributed by atoms with Crippen molar-refractivity contribution in [1.82, 2.24) is 9.88 Å². The van der Waals surface area contributed by atoms with E-state index in [1.54, 1.807) is 0 Å². The van der Waals surface area contributed by atoms with Crippen molar-refractivity contribution in [2.24, 2.45) is 11.3 Å². The van der Waals surface area contributed by atoms with Gasteiger partial charge < -0.3 is 5.32 Å². The van der Waals surface area contributed by atoms with Crippen LogP contribution in [-0.2, 0) is 11.3 Å². The van der Waals surface area contributed by atoms with Crippen molar-refractivity contribution in [2.45, 2.75) is 46.6 Å². The predicted octanol–water partition coefficient (Wildman–Crippen LogP) is 4.25. The third kappa shape index (κ3) is 4.06. The Balaban J connectivity index is 1.31. The van der Waals surface area contributed by atoms with Gasteiger partial charge in [-0.25, -0.2) is 0 Å². The first-order chi connectivity index (χ1) is 12.9. The van der Waals surface area contributed by atoms with Crippen LogP contribution >= 0.6 is 0 Å². The van der Waals surface area contributed by atoms with Gasteiger partial charge in [-0.05, 0) is 93.9 Å². The minimum Gasteiger partial charge on any atom is -0.326 e. The molecule has 1 aliphatic carbocycles. The first kappa shape index (κ1) is 18.2. The third-order valence-electron chi connectivity index (χ3n) is 6.18. The van der Waals surface area contributed by atoms with Crippen LogP contribution in [0.4, 0.5) is 5.69 Å². The monoisotopic (exact) mass is 363 g/mol. The van der Waals surface area contributed by atoms with Gasteiger partial charge in [0.1, 0.15) is 0 Å². The molecule has 4 nitrogen and oxygen atoms in total. The first-order valence-electron chi connectivity index (χ1n) is 9.98. The van der Waals surface area contributed by atoms with Gasteiger partial charge in [0.2, 0.25) is 5.91 Å². The Morgan fingerprint density at radius 1 is 1.15 bits per heavy atom. The summed E-state index contributed by atoms with van der Waals surface area (Å²) in [7, 11) is 0. The standard InChI is InChI=1S/C23H29N3O/c1-16-11-17(2)13-20(12-16)25-22(27)21-14-23(21)7-9-26(10-8-23)15-19-6-4-5-18(3)24-19/h4-6,11-13,21H,7-10,14-15H2,1-3H3,(H,25,27). The van der Waals surface area contributed by atoms with Gasteiger partial charge in [-0.3, -0.25) is 14.7 Å². The van der Waals surface area contributed by atoms with Gasteiger partial charge in [-0.1, -0.05) is 12.1 Å². The third-order valence-corrected chi connectivity index (χ3v) is 6.18. The van der Waals surface area contributed by atoms with Crippen molar-refractivity contribution in [3.63, 3.8) is 0 Å². The molecule has 1 spiro atoms. The summed E-state index contributed by atoms with van der Waals surface area (Å²) >= 11 is 0. The Morgan fingerprint density at radius 3 is 2.52 bits per heavy atom. The van der Waals surface area contributed by atoms with Crippen LogP contribution in [0.15, 0.2) is 36.4 Å². The summed E-state index contributed by atoms with van der Waals surface area (Å²) in [5.41, 5.74) is 5.77. The molecule has 0 bridgehead atoms. The van der Waals surface area contributed by atoms with Gasteiger partial charge in [-0.2, -0.15) is 0 Å². The Morgan fingerprint density at radius 2 is 1.85 bits per heavy atom. The van der Waals surface area contributed by atoms with E-state index >= 15 is 0 Å². The summed E-state index contributed by atoms with van der Waals surface area (Å²) in [4.78, 5) is 19.8. The molecule has 1 aromatic carbocycles. The summed E-state index contributed by atoms with van der Waals surface area (Å²) < 4.78 is 0. The number of hydrogen-bond donors (Lipinski definition) is 1. The van der Waals surface area contributed by atoms with Crippen LogP contribution in [0, 0.1) is 32.1 Å². The predicted molar refractivity (Wildman–Crippen MR) is 109 cm³/mol. The lowest BCUT2D eigenvalue weighted by Crippen LogP contribution is -2.36. The molecule has 1 unspecified atom stereocenters. The molecule has 2 aromatic rings. The molecule has 0 radical (unpaired) electrons. The van der Waals surface area contributed by atoms with E-state index < -0.39 is 0 Å². The highest BCUT2D eigenvalue weighted by atomic mass is 16.2. The number of rotatable bonds is 4. The van der Waals surface area contributed by atoms with E-state index in [2.05, 4.69) is 59.4 Å². The number of pyridine rings is 1. The number of piperidine rings is 1. The van der Waals surface area contributed by atoms with E-state index in [0.717, 1.165) is 56.0 Å². The zero-order chi connectivity index (χ0) is 19.0. The highest BCUT2D eigenvalue weighted by Gasteiger charge is 2.58. The quantitative estimate of drug-likeness (QED) is 0.883. The fourth-order valence-electron chi connectivity index (χ4n) is 4.62. The number of aryl methyl sites for hydroxylation is 3. The summed E-state index contributed by atoms with van der Waals surface area (Å²) in [6.45, 7) is 9.21. The highest BCUT2D eigenvalue weighted by molar-refractivity contribution is 5.95. The number of amides is 1. The topological polar surface area (TPSA) is 45.2 Å². The number of carbonyl (C=O) groups is 1. The molecule has 1 atom stereocenters. The molecule has 1 aliphatic heterocycles. The van der Waals surface area contributed by atoms with Crippen LogP contribution in [0.3, 0.4) is 0 Å². The van der Waals surface area contributed by atoms with Gasteiger partial charge in [0, 0.05) is 23.8 Å². The van der Waals surface area contributed by atoms with E-state index in [1.165, 1.54) is 11.1 Å². The molecular weight excluding hydrogens is 334 g/mol. The van der Waals surface area contributed by atoms with Crippen molar-refractivity contribution < 1.29 is 4.79 Å². The number of likely N-dealkylation sites (tertiary alicyclic amines) is 1. The number of benzene rings is 1. The van der Waals surface area contributed by atoms with E-state index in [-0.39, 0.29) is 17.2 Å². The molecular formula is C23H29N3O. The van der Waals surface area contributed by atoms with Gasteiger partial charge in [0.15, 0.2) is 0 Å². The average Bonchev–Trinajstić information content (AvgIpc) is 3.30. The summed E-state index contributed by atoms with van der Waals surface area (Å²) in [5, 5.41) is 3.15. The normalized spacial score (nSPS) is 21.2. The van der Waals surface area contributed by atoms with Crippen LogP contribution in [0.5, 0.6) is 0 Å². The van der Waals surface area contributed by atoms with Gasteiger partial charge in [-0.15, -0.1) is 0 Å². The Kier molecular flexibility index (Phi) is 4.77. The lowest BCUT2D eigenvalue weighted by Gasteiger charge is -2.32. The van der Waals surface area contributed by atoms with E-state index in [9.17, 15) is 4.79 Å². The summed E-state index contributed by atoms with van der Waals surface area (Å²) in [6, 6.07) is 12.5. The van der Waals surface area contributed by atoms with E-state index in [1.807, 2.05) is 13.0 Å². The molecule has 2 fully saturated rings.